The molecular formula is C22H28FN3O3. The molecule has 1 aromatic rings. The van der Waals surface area contributed by atoms with Gasteiger partial charge in [0.15, 0.2) is 0 Å². The summed E-state index contributed by atoms with van der Waals surface area (Å²) < 4.78 is 25.1. The van der Waals surface area contributed by atoms with Gasteiger partial charge in [-0.3, -0.25) is 4.90 Å². The summed E-state index contributed by atoms with van der Waals surface area (Å²) in [6.07, 6.45) is 2.42. The molecule has 1 saturated heterocycles. The van der Waals surface area contributed by atoms with Crippen LogP contribution in [0.5, 0.6) is 0 Å². The summed E-state index contributed by atoms with van der Waals surface area (Å²) in [7, 11) is 0. The topological polar surface area (TPSA) is 74.6 Å². The van der Waals surface area contributed by atoms with Crippen LogP contribution in [0, 0.1) is 17.1 Å². The Bertz CT molecular complexity index is 822. The summed E-state index contributed by atoms with van der Waals surface area (Å²) >= 11 is 0. The summed E-state index contributed by atoms with van der Waals surface area (Å²) in [5.74, 6) is -0.371. The van der Waals surface area contributed by atoms with Crippen LogP contribution in [0.15, 0.2) is 24.3 Å². The van der Waals surface area contributed by atoms with Crippen molar-refractivity contribution in [2.24, 2.45) is 0 Å². The van der Waals surface area contributed by atoms with Crippen LogP contribution in [-0.2, 0) is 15.9 Å². The Balaban J connectivity index is 1.61. The molecule has 1 N–H and O–H groups in total. The van der Waals surface area contributed by atoms with E-state index in [1.807, 2.05) is 12.1 Å². The third kappa shape index (κ3) is 5.78. The van der Waals surface area contributed by atoms with Crippen LogP contribution in [0.4, 0.5) is 9.18 Å². The van der Waals surface area contributed by atoms with Crippen LogP contribution in [0.1, 0.15) is 38.3 Å². The molecule has 29 heavy (non-hydrogen) atoms. The number of nitrogens with zero attached hydrogens (tertiary/aromatic N) is 2. The summed E-state index contributed by atoms with van der Waals surface area (Å²) in [6, 6.07) is 6.73. The molecule has 0 saturated carbocycles. The zero-order valence-electron chi connectivity index (χ0n) is 17.2. The van der Waals surface area contributed by atoms with Crippen molar-refractivity contribution in [3.63, 3.8) is 0 Å². The quantitative estimate of drug-likeness (QED) is 0.820. The normalized spacial score (nSPS) is 18.9. The SMILES string of the molecule is CC(C)(C)OC(=O)N[C@H](C#N)Cc1ccc(C2=CCN(C3COC3)CC2)cc1F. The lowest BCUT2D eigenvalue weighted by Gasteiger charge is -2.38. The molecule has 1 atom stereocenters. The molecule has 2 heterocycles. The highest BCUT2D eigenvalue weighted by molar-refractivity contribution is 5.69. The van der Waals surface area contributed by atoms with Gasteiger partial charge in [-0.25, -0.2) is 9.18 Å². The van der Waals surface area contributed by atoms with Gasteiger partial charge in [0, 0.05) is 19.5 Å². The van der Waals surface area contributed by atoms with Gasteiger partial charge in [0.05, 0.1) is 25.3 Å². The van der Waals surface area contributed by atoms with E-state index in [4.69, 9.17) is 9.47 Å². The van der Waals surface area contributed by atoms with Gasteiger partial charge in [0.25, 0.3) is 0 Å². The second-order valence-electron chi connectivity index (χ2n) is 8.50. The highest BCUT2D eigenvalue weighted by Gasteiger charge is 2.27. The molecule has 7 heteroatoms. The Labute approximate surface area is 171 Å². The Hall–Kier alpha value is -2.43. The number of carbonyl (C=O) groups excluding carboxylic acids is 1. The number of carbonyl (C=O) groups is 1. The summed E-state index contributed by atoms with van der Waals surface area (Å²) in [4.78, 5) is 14.3. The molecule has 3 rings (SSSR count). The first-order valence-electron chi connectivity index (χ1n) is 9.94. The van der Waals surface area contributed by atoms with Crippen molar-refractivity contribution < 1.29 is 18.7 Å². The molecule has 0 spiro atoms. The van der Waals surface area contributed by atoms with E-state index < -0.39 is 17.7 Å². The molecule has 6 nitrogen and oxygen atoms in total. The van der Waals surface area contributed by atoms with Crippen LogP contribution in [0.3, 0.4) is 0 Å². The highest BCUT2D eigenvalue weighted by atomic mass is 19.1. The van der Waals surface area contributed by atoms with Crippen LogP contribution >= 0.6 is 0 Å². The number of nitrogens with one attached hydrogen (secondary N) is 1. The number of halogens is 1. The van der Waals surface area contributed by atoms with E-state index in [2.05, 4.69) is 16.3 Å². The van der Waals surface area contributed by atoms with Gasteiger partial charge in [-0.15, -0.1) is 0 Å². The minimum Gasteiger partial charge on any atom is -0.444 e. The Morgan fingerprint density at radius 1 is 1.45 bits per heavy atom. The molecule has 156 valence electrons. The summed E-state index contributed by atoms with van der Waals surface area (Å²) in [5, 5.41) is 11.8. The van der Waals surface area contributed by atoms with Crippen molar-refractivity contribution in [3.05, 3.63) is 41.2 Å². The third-order valence-corrected chi connectivity index (χ3v) is 5.07. The fourth-order valence-electron chi connectivity index (χ4n) is 3.42. The van der Waals surface area contributed by atoms with E-state index in [-0.39, 0.29) is 12.2 Å². The molecule has 0 aromatic heterocycles. The number of rotatable bonds is 5. The molecule has 1 amide bonds. The average molecular weight is 401 g/mol. The number of hydrogen-bond donors (Lipinski definition) is 1. The van der Waals surface area contributed by atoms with Crippen molar-refractivity contribution in [3.8, 4) is 6.07 Å². The zero-order valence-corrected chi connectivity index (χ0v) is 17.2. The maximum atomic E-state index is 14.7. The zero-order chi connectivity index (χ0) is 21.0. The maximum Gasteiger partial charge on any atom is 0.408 e. The molecule has 0 aliphatic carbocycles. The van der Waals surface area contributed by atoms with E-state index in [9.17, 15) is 14.4 Å². The van der Waals surface area contributed by atoms with Gasteiger partial charge >= 0.3 is 6.09 Å². The van der Waals surface area contributed by atoms with Crippen molar-refractivity contribution in [1.82, 2.24) is 10.2 Å². The van der Waals surface area contributed by atoms with E-state index in [1.54, 1.807) is 26.8 Å². The van der Waals surface area contributed by atoms with Crippen LogP contribution in [-0.4, -0.2) is 55.0 Å². The van der Waals surface area contributed by atoms with Crippen molar-refractivity contribution in [1.29, 1.82) is 5.26 Å². The first-order chi connectivity index (χ1) is 13.7. The Kier molecular flexibility index (Phi) is 6.56. The van der Waals surface area contributed by atoms with E-state index in [1.165, 1.54) is 6.07 Å². The van der Waals surface area contributed by atoms with E-state index in [0.29, 0.717) is 11.6 Å². The second kappa shape index (κ2) is 8.93. The monoisotopic (exact) mass is 401 g/mol. The van der Waals surface area contributed by atoms with Gasteiger partial charge in [0.1, 0.15) is 17.5 Å². The lowest BCUT2D eigenvalue weighted by atomic mass is 9.96. The third-order valence-electron chi connectivity index (χ3n) is 5.07. The molecule has 1 aromatic carbocycles. The van der Waals surface area contributed by atoms with Crippen LogP contribution in [0.25, 0.3) is 5.57 Å². The molecule has 1 fully saturated rings. The van der Waals surface area contributed by atoms with Crippen LogP contribution in [0.2, 0.25) is 0 Å². The molecular weight excluding hydrogens is 373 g/mol. The molecule has 2 aliphatic rings. The number of ether oxygens (including phenoxy) is 2. The van der Waals surface area contributed by atoms with E-state index in [0.717, 1.165) is 43.9 Å². The fourth-order valence-corrected chi connectivity index (χ4v) is 3.42. The Morgan fingerprint density at radius 3 is 2.72 bits per heavy atom. The smallest absolute Gasteiger partial charge is 0.408 e. The largest absolute Gasteiger partial charge is 0.444 e. The number of alkyl carbamates (subject to hydrolysis) is 1. The number of hydrogen-bond acceptors (Lipinski definition) is 5. The summed E-state index contributed by atoms with van der Waals surface area (Å²) in [5.41, 5.74) is 1.73. The molecule has 0 radical (unpaired) electrons. The number of nitriles is 1. The maximum absolute atomic E-state index is 14.7. The predicted molar refractivity (Wildman–Crippen MR) is 108 cm³/mol. The van der Waals surface area contributed by atoms with Crippen LogP contribution < -0.4 is 5.32 Å². The molecule has 0 unspecified atom stereocenters. The minimum atomic E-state index is -0.864. The van der Waals surface area contributed by atoms with Gasteiger partial charge in [0.2, 0.25) is 0 Å². The first kappa shape index (κ1) is 21.3. The first-order valence-corrected chi connectivity index (χ1v) is 9.94. The number of amides is 1. The van der Waals surface area contributed by atoms with Crippen molar-refractivity contribution in [2.45, 2.75) is 51.3 Å². The Morgan fingerprint density at radius 2 is 2.21 bits per heavy atom. The average Bonchev–Trinajstić information content (AvgIpc) is 2.60. The predicted octanol–water partition coefficient (Wildman–Crippen LogP) is 3.27. The van der Waals surface area contributed by atoms with Crippen molar-refractivity contribution >= 4 is 11.7 Å². The van der Waals surface area contributed by atoms with Gasteiger partial charge in [-0.05, 0) is 50.0 Å². The van der Waals surface area contributed by atoms with E-state index >= 15 is 0 Å². The summed E-state index contributed by atoms with van der Waals surface area (Å²) in [6.45, 7) is 8.61. The second-order valence-corrected chi connectivity index (χ2v) is 8.50. The fraction of sp³-hybridized carbons (Fsp3) is 0.545. The lowest BCUT2D eigenvalue weighted by Crippen LogP contribution is -2.50. The lowest BCUT2D eigenvalue weighted by molar-refractivity contribution is -0.0612. The standard InChI is InChI=1S/C22H28FN3O3/c1-22(2,3)29-21(27)25-18(12-24)10-17-5-4-16(11-20(17)23)15-6-8-26(9-7-15)19-13-28-14-19/h4-6,11,18-19H,7-10,13-14H2,1-3H3,(H,25,27)/t18-/m0/s1. The van der Waals surface area contributed by atoms with Gasteiger partial charge in [-0.1, -0.05) is 18.2 Å². The minimum absolute atomic E-state index is 0.0797. The van der Waals surface area contributed by atoms with Gasteiger partial charge < -0.3 is 14.8 Å². The molecule has 0 bridgehead atoms. The highest BCUT2D eigenvalue weighted by Crippen LogP contribution is 2.26. The van der Waals surface area contributed by atoms with Gasteiger partial charge in [-0.2, -0.15) is 5.26 Å². The molecule has 2 aliphatic heterocycles. The number of benzene rings is 1. The van der Waals surface area contributed by atoms with Crippen molar-refractivity contribution in [2.75, 3.05) is 26.3 Å².